The van der Waals surface area contributed by atoms with E-state index in [1.165, 1.54) is 27.8 Å². The number of allylic oxidation sites excluding steroid dienone is 1. The Balaban J connectivity index is 1.98. The van der Waals surface area contributed by atoms with Gasteiger partial charge in [-0.3, -0.25) is 0 Å². The first-order chi connectivity index (χ1) is 11.3. The lowest BCUT2D eigenvalue weighted by Crippen LogP contribution is -2.05. The number of phenolic OH excluding ortho intramolecular Hbond substituents is 1. The van der Waals surface area contributed by atoms with Crippen molar-refractivity contribution in [1.82, 2.24) is 0 Å². The zero-order valence-electron chi connectivity index (χ0n) is 12.9. The molecule has 0 aliphatic heterocycles. The molecular weight excluding hydrogens is 280 g/mol. The molecule has 0 fully saturated rings. The van der Waals surface area contributed by atoms with E-state index in [-0.39, 0.29) is 0 Å². The summed E-state index contributed by atoms with van der Waals surface area (Å²) in [5.74, 6) is 0.305. The lowest BCUT2D eigenvalue weighted by molar-refractivity contribution is 0.475. The van der Waals surface area contributed by atoms with Gasteiger partial charge in [0.25, 0.3) is 0 Å². The van der Waals surface area contributed by atoms with Gasteiger partial charge < -0.3 is 5.11 Å². The van der Waals surface area contributed by atoms with E-state index in [4.69, 9.17) is 0 Å². The van der Waals surface area contributed by atoms with E-state index in [0.29, 0.717) is 5.75 Å². The first kappa shape index (κ1) is 13.8. The number of rotatable bonds is 2. The molecule has 3 aromatic carbocycles. The Kier molecular flexibility index (Phi) is 3.47. The topological polar surface area (TPSA) is 20.2 Å². The van der Waals surface area contributed by atoms with Gasteiger partial charge in [0.15, 0.2) is 0 Å². The summed E-state index contributed by atoms with van der Waals surface area (Å²) in [4.78, 5) is 0. The molecule has 3 aromatic rings. The fourth-order valence-corrected chi connectivity index (χ4v) is 3.42. The molecule has 4 rings (SSSR count). The summed E-state index contributed by atoms with van der Waals surface area (Å²) in [6.45, 7) is 0. The van der Waals surface area contributed by atoms with E-state index in [1.807, 2.05) is 12.1 Å². The van der Waals surface area contributed by atoms with Crippen LogP contribution < -0.4 is 0 Å². The first-order valence-electron chi connectivity index (χ1n) is 7.99. The van der Waals surface area contributed by atoms with Gasteiger partial charge in [0.2, 0.25) is 0 Å². The number of fused-ring (bicyclic) bond motifs is 1. The Labute approximate surface area is 136 Å². The van der Waals surface area contributed by atoms with Gasteiger partial charge in [0, 0.05) is 0 Å². The van der Waals surface area contributed by atoms with Crippen LogP contribution in [0.15, 0.2) is 78.9 Å². The van der Waals surface area contributed by atoms with Gasteiger partial charge in [-0.1, -0.05) is 66.7 Å². The van der Waals surface area contributed by atoms with Crippen molar-refractivity contribution in [3.63, 3.8) is 0 Å². The fraction of sp³-hybridized carbons (Fsp3) is 0.0909. The van der Waals surface area contributed by atoms with Crippen molar-refractivity contribution in [2.75, 3.05) is 0 Å². The summed E-state index contributed by atoms with van der Waals surface area (Å²) < 4.78 is 0. The van der Waals surface area contributed by atoms with E-state index in [9.17, 15) is 5.11 Å². The molecule has 112 valence electrons. The maximum Gasteiger partial charge on any atom is 0.115 e. The molecule has 0 saturated carbocycles. The number of benzene rings is 3. The molecule has 0 atom stereocenters. The summed E-state index contributed by atoms with van der Waals surface area (Å²) in [5, 5.41) is 9.62. The van der Waals surface area contributed by atoms with Crippen LogP contribution in [-0.4, -0.2) is 5.11 Å². The Morgan fingerprint density at radius 2 is 1.30 bits per heavy atom. The Hall–Kier alpha value is -2.80. The molecule has 0 amide bonds. The Bertz CT molecular complexity index is 858. The molecule has 0 radical (unpaired) electrons. The third kappa shape index (κ3) is 2.55. The zero-order valence-corrected chi connectivity index (χ0v) is 12.9. The molecular formula is C22H18O. The minimum absolute atomic E-state index is 0.305. The maximum atomic E-state index is 9.62. The van der Waals surface area contributed by atoms with Crippen molar-refractivity contribution in [2.24, 2.45) is 0 Å². The van der Waals surface area contributed by atoms with Gasteiger partial charge in [-0.2, -0.15) is 0 Å². The lowest BCUT2D eigenvalue weighted by Gasteiger charge is -2.24. The van der Waals surface area contributed by atoms with Crippen molar-refractivity contribution >= 4 is 11.1 Å². The minimum atomic E-state index is 0.305. The summed E-state index contributed by atoms with van der Waals surface area (Å²) in [6, 6.07) is 26.8. The maximum absolute atomic E-state index is 9.62. The number of phenols is 1. The van der Waals surface area contributed by atoms with Crippen molar-refractivity contribution in [3.05, 3.63) is 101 Å². The summed E-state index contributed by atoms with van der Waals surface area (Å²) in [5.41, 5.74) is 7.82. The van der Waals surface area contributed by atoms with E-state index < -0.39 is 0 Å². The van der Waals surface area contributed by atoms with E-state index in [0.717, 1.165) is 18.4 Å². The highest BCUT2D eigenvalue weighted by molar-refractivity contribution is 6.00. The van der Waals surface area contributed by atoms with Gasteiger partial charge >= 0.3 is 0 Å². The second kappa shape index (κ2) is 5.77. The van der Waals surface area contributed by atoms with Crippen LogP contribution in [0.3, 0.4) is 0 Å². The Morgan fingerprint density at radius 3 is 2.09 bits per heavy atom. The highest BCUT2D eigenvalue weighted by Gasteiger charge is 2.20. The standard InChI is InChI=1S/C22H18O/c23-19-13-10-18(11-14-19)22-20-9-5-4-8-17(20)12-15-21(22)16-6-2-1-3-7-16/h1-11,13-14,23H,12,15H2. The molecule has 0 unspecified atom stereocenters. The molecule has 0 aromatic heterocycles. The normalized spacial score (nSPS) is 13.7. The molecule has 0 heterocycles. The van der Waals surface area contributed by atoms with Crippen LogP contribution in [-0.2, 0) is 6.42 Å². The van der Waals surface area contributed by atoms with Gasteiger partial charge in [-0.05, 0) is 58.4 Å². The third-order valence-electron chi connectivity index (χ3n) is 4.51. The van der Waals surface area contributed by atoms with Crippen molar-refractivity contribution < 1.29 is 5.11 Å². The molecule has 0 saturated heterocycles. The highest BCUT2D eigenvalue weighted by Crippen LogP contribution is 2.40. The van der Waals surface area contributed by atoms with Gasteiger partial charge in [-0.15, -0.1) is 0 Å². The van der Waals surface area contributed by atoms with Crippen LogP contribution in [0.1, 0.15) is 28.7 Å². The van der Waals surface area contributed by atoms with Crippen LogP contribution in [0.5, 0.6) is 5.75 Å². The van der Waals surface area contributed by atoms with E-state index in [1.54, 1.807) is 12.1 Å². The van der Waals surface area contributed by atoms with Crippen molar-refractivity contribution in [2.45, 2.75) is 12.8 Å². The predicted octanol–water partition coefficient (Wildman–Crippen LogP) is 5.30. The summed E-state index contributed by atoms with van der Waals surface area (Å²) in [6.07, 6.45) is 2.11. The number of hydrogen-bond acceptors (Lipinski definition) is 1. The zero-order chi connectivity index (χ0) is 15.6. The molecule has 1 N–H and O–H groups in total. The quantitative estimate of drug-likeness (QED) is 0.681. The predicted molar refractivity (Wildman–Crippen MR) is 95.2 cm³/mol. The number of aryl methyl sites for hydroxylation is 1. The molecule has 1 aliphatic rings. The van der Waals surface area contributed by atoms with Crippen LogP contribution in [0.4, 0.5) is 0 Å². The first-order valence-corrected chi connectivity index (χ1v) is 7.99. The van der Waals surface area contributed by atoms with Crippen molar-refractivity contribution in [1.29, 1.82) is 0 Å². The second-order valence-corrected chi connectivity index (χ2v) is 5.92. The SMILES string of the molecule is Oc1ccc(C2=C(c3ccccc3)CCc3ccccc32)cc1. The van der Waals surface area contributed by atoms with E-state index >= 15 is 0 Å². The number of hydrogen-bond donors (Lipinski definition) is 1. The van der Waals surface area contributed by atoms with Crippen LogP contribution in [0.2, 0.25) is 0 Å². The molecule has 0 spiro atoms. The van der Waals surface area contributed by atoms with Gasteiger partial charge in [0.1, 0.15) is 5.75 Å². The van der Waals surface area contributed by atoms with Gasteiger partial charge in [-0.25, -0.2) is 0 Å². The Morgan fingerprint density at radius 1 is 0.609 bits per heavy atom. The average molecular weight is 298 g/mol. The van der Waals surface area contributed by atoms with Crippen LogP contribution >= 0.6 is 0 Å². The van der Waals surface area contributed by atoms with E-state index in [2.05, 4.69) is 54.6 Å². The monoisotopic (exact) mass is 298 g/mol. The molecule has 1 nitrogen and oxygen atoms in total. The molecule has 0 bridgehead atoms. The molecule has 1 heteroatoms. The third-order valence-corrected chi connectivity index (χ3v) is 4.51. The van der Waals surface area contributed by atoms with Crippen LogP contribution in [0, 0.1) is 0 Å². The summed E-state index contributed by atoms with van der Waals surface area (Å²) in [7, 11) is 0. The summed E-state index contributed by atoms with van der Waals surface area (Å²) >= 11 is 0. The average Bonchev–Trinajstić information content (AvgIpc) is 2.62. The molecule has 23 heavy (non-hydrogen) atoms. The van der Waals surface area contributed by atoms with Crippen molar-refractivity contribution in [3.8, 4) is 5.75 Å². The smallest absolute Gasteiger partial charge is 0.115 e. The number of aromatic hydroxyl groups is 1. The van der Waals surface area contributed by atoms with Gasteiger partial charge in [0.05, 0.1) is 0 Å². The molecule has 1 aliphatic carbocycles. The lowest BCUT2D eigenvalue weighted by atomic mass is 9.80. The largest absolute Gasteiger partial charge is 0.508 e. The minimum Gasteiger partial charge on any atom is -0.508 e. The fourth-order valence-electron chi connectivity index (χ4n) is 3.42. The second-order valence-electron chi connectivity index (χ2n) is 5.92. The highest BCUT2D eigenvalue weighted by atomic mass is 16.3. The van der Waals surface area contributed by atoms with Crippen LogP contribution in [0.25, 0.3) is 11.1 Å².